The molecule has 0 N–H and O–H groups in total. The van der Waals surface area contributed by atoms with Gasteiger partial charge in [0, 0.05) is 19.0 Å². The first-order valence-corrected chi connectivity index (χ1v) is 8.56. The Balaban J connectivity index is 1.90. The van der Waals surface area contributed by atoms with E-state index >= 15 is 0 Å². The van der Waals surface area contributed by atoms with E-state index in [0.29, 0.717) is 18.0 Å². The second-order valence-electron chi connectivity index (χ2n) is 6.21. The number of aryl methyl sites for hydroxylation is 1. The molecule has 1 aromatic heterocycles. The summed E-state index contributed by atoms with van der Waals surface area (Å²) >= 11 is 1.58. The highest BCUT2D eigenvalue weighted by Gasteiger charge is 2.51. The maximum Gasteiger partial charge on any atom is 0.280 e. The molecule has 1 unspecified atom stereocenters. The van der Waals surface area contributed by atoms with Gasteiger partial charge in [-0.1, -0.05) is 12.1 Å². The molecule has 0 aliphatic carbocycles. The Bertz CT molecular complexity index is 788. The normalized spacial score (nSPS) is 19.7. The number of rotatable bonds is 3. The van der Waals surface area contributed by atoms with Crippen molar-refractivity contribution < 1.29 is 14.3 Å². The Morgan fingerprint density at radius 3 is 2.79 bits per heavy atom. The van der Waals surface area contributed by atoms with E-state index in [1.54, 1.807) is 38.4 Å². The molecular formula is C18H20N2O3S. The van der Waals surface area contributed by atoms with Crippen LogP contribution in [0.1, 0.15) is 17.4 Å². The predicted octanol–water partition coefficient (Wildman–Crippen LogP) is 2.83. The quantitative estimate of drug-likeness (QED) is 0.805. The van der Waals surface area contributed by atoms with Crippen LogP contribution in [-0.2, 0) is 16.1 Å². The first-order valence-electron chi connectivity index (χ1n) is 7.68. The van der Waals surface area contributed by atoms with E-state index in [0.717, 1.165) is 10.4 Å². The van der Waals surface area contributed by atoms with Crippen LogP contribution in [0.4, 0.5) is 5.69 Å². The van der Waals surface area contributed by atoms with Crippen LogP contribution in [-0.4, -0.2) is 36.4 Å². The molecule has 6 heteroatoms. The van der Waals surface area contributed by atoms with Crippen molar-refractivity contribution in [3.8, 4) is 5.75 Å². The molecule has 0 bridgehead atoms. The summed E-state index contributed by atoms with van der Waals surface area (Å²) in [6.45, 7) is 3.95. The molecule has 0 fully saturated rings. The molecule has 126 valence electrons. The summed E-state index contributed by atoms with van der Waals surface area (Å²) in [6, 6.07) is 9.49. The number of hydrogen-bond acceptors (Lipinski definition) is 4. The van der Waals surface area contributed by atoms with Gasteiger partial charge in [-0.25, -0.2) is 0 Å². The smallest absolute Gasteiger partial charge is 0.280 e. The molecule has 2 amide bonds. The van der Waals surface area contributed by atoms with Crippen LogP contribution in [0, 0.1) is 6.92 Å². The van der Waals surface area contributed by atoms with Crippen LogP contribution in [0.5, 0.6) is 5.75 Å². The van der Waals surface area contributed by atoms with Crippen molar-refractivity contribution in [2.24, 2.45) is 0 Å². The number of ether oxygens (including phenoxy) is 1. The number of fused-ring (bicyclic) bond motifs is 1. The lowest BCUT2D eigenvalue weighted by Crippen LogP contribution is -2.61. The van der Waals surface area contributed by atoms with Crippen molar-refractivity contribution in [1.29, 1.82) is 0 Å². The lowest BCUT2D eigenvalue weighted by molar-refractivity contribution is -0.155. The Kier molecular flexibility index (Phi) is 4.09. The lowest BCUT2D eigenvalue weighted by atomic mass is 9.99. The molecular weight excluding hydrogens is 324 g/mol. The number of nitrogens with zero attached hydrogens (tertiary/aromatic N) is 2. The van der Waals surface area contributed by atoms with E-state index in [4.69, 9.17) is 4.74 Å². The molecule has 0 radical (unpaired) electrons. The summed E-state index contributed by atoms with van der Waals surface area (Å²) < 4.78 is 5.88. The van der Waals surface area contributed by atoms with Crippen molar-refractivity contribution in [2.45, 2.75) is 26.0 Å². The molecule has 2 aromatic rings. The van der Waals surface area contributed by atoms with E-state index in [1.807, 2.05) is 36.6 Å². The minimum Gasteiger partial charge on any atom is -0.465 e. The standard InChI is InChI=1S/C18H20N2O3S/c1-12-7-8-15-14(10-12)20(4)17(22)18(2,23-15)16(21)19(3)11-13-6-5-9-24-13/h5-10H,11H2,1-4H3. The highest BCUT2D eigenvalue weighted by molar-refractivity contribution is 7.09. The van der Waals surface area contributed by atoms with E-state index in [1.165, 1.54) is 9.80 Å². The molecule has 1 atom stereocenters. The van der Waals surface area contributed by atoms with Crippen molar-refractivity contribution in [1.82, 2.24) is 4.90 Å². The first kappa shape index (κ1) is 16.5. The van der Waals surface area contributed by atoms with Crippen LogP contribution in [0.25, 0.3) is 0 Å². The molecule has 3 rings (SSSR count). The Labute approximate surface area is 145 Å². The van der Waals surface area contributed by atoms with Crippen molar-refractivity contribution in [3.63, 3.8) is 0 Å². The van der Waals surface area contributed by atoms with Crippen LogP contribution < -0.4 is 9.64 Å². The predicted molar refractivity (Wildman–Crippen MR) is 94.4 cm³/mol. The monoisotopic (exact) mass is 344 g/mol. The van der Waals surface area contributed by atoms with Gasteiger partial charge in [-0.05, 0) is 43.0 Å². The summed E-state index contributed by atoms with van der Waals surface area (Å²) in [4.78, 5) is 29.9. The third-order valence-corrected chi connectivity index (χ3v) is 5.09. The van der Waals surface area contributed by atoms with Crippen molar-refractivity contribution >= 4 is 28.8 Å². The van der Waals surface area contributed by atoms with Crippen LogP contribution in [0.15, 0.2) is 35.7 Å². The van der Waals surface area contributed by atoms with Gasteiger partial charge in [-0.2, -0.15) is 0 Å². The molecule has 1 aliphatic heterocycles. The maximum absolute atomic E-state index is 12.9. The molecule has 0 spiro atoms. The fourth-order valence-electron chi connectivity index (χ4n) is 2.88. The third-order valence-electron chi connectivity index (χ3n) is 4.23. The van der Waals surface area contributed by atoms with Gasteiger partial charge in [-0.3, -0.25) is 9.59 Å². The van der Waals surface area contributed by atoms with Gasteiger partial charge in [-0.15, -0.1) is 11.3 Å². The number of anilines is 1. The largest absolute Gasteiger partial charge is 0.465 e. The number of amides is 2. The molecule has 0 saturated carbocycles. The molecule has 1 aliphatic rings. The van der Waals surface area contributed by atoms with Gasteiger partial charge in [0.15, 0.2) is 0 Å². The van der Waals surface area contributed by atoms with Gasteiger partial charge in [0.05, 0.1) is 12.2 Å². The van der Waals surface area contributed by atoms with Gasteiger partial charge in [0.1, 0.15) is 5.75 Å². The van der Waals surface area contributed by atoms with Gasteiger partial charge in [0.2, 0.25) is 0 Å². The van der Waals surface area contributed by atoms with E-state index in [9.17, 15) is 9.59 Å². The fourth-order valence-corrected chi connectivity index (χ4v) is 3.63. The van der Waals surface area contributed by atoms with Crippen molar-refractivity contribution in [2.75, 3.05) is 19.0 Å². The summed E-state index contributed by atoms with van der Waals surface area (Å²) in [5.41, 5.74) is 0.163. The number of hydrogen-bond donors (Lipinski definition) is 0. The second kappa shape index (κ2) is 5.94. The van der Waals surface area contributed by atoms with Crippen molar-refractivity contribution in [3.05, 3.63) is 46.2 Å². The number of carbonyl (C=O) groups is 2. The number of carbonyl (C=O) groups excluding carboxylic acids is 2. The minimum absolute atomic E-state index is 0.348. The maximum atomic E-state index is 12.9. The Morgan fingerprint density at radius 1 is 1.38 bits per heavy atom. The molecule has 24 heavy (non-hydrogen) atoms. The zero-order chi connectivity index (χ0) is 17.5. The summed E-state index contributed by atoms with van der Waals surface area (Å²) in [5, 5.41) is 1.96. The number of benzene rings is 1. The average Bonchev–Trinajstić information content (AvgIpc) is 3.06. The molecule has 2 heterocycles. The van der Waals surface area contributed by atoms with E-state index in [-0.39, 0.29) is 11.8 Å². The van der Waals surface area contributed by atoms with Crippen LogP contribution >= 0.6 is 11.3 Å². The zero-order valence-electron chi connectivity index (χ0n) is 14.2. The highest BCUT2D eigenvalue weighted by atomic mass is 32.1. The zero-order valence-corrected chi connectivity index (χ0v) is 15.0. The SMILES string of the molecule is Cc1ccc2c(c1)N(C)C(=O)C(C)(C(=O)N(C)Cc1cccs1)O2. The van der Waals surface area contributed by atoms with Crippen LogP contribution in [0.2, 0.25) is 0 Å². The van der Waals surface area contributed by atoms with E-state index in [2.05, 4.69) is 0 Å². The van der Waals surface area contributed by atoms with Crippen LogP contribution in [0.3, 0.4) is 0 Å². The molecule has 1 aromatic carbocycles. The summed E-state index contributed by atoms with van der Waals surface area (Å²) in [5.74, 6) is -0.161. The topological polar surface area (TPSA) is 49.9 Å². The molecule has 5 nitrogen and oxygen atoms in total. The summed E-state index contributed by atoms with van der Waals surface area (Å²) in [6.07, 6.45) is 0. The van der Waals surface area contributed by atoms with Gasteiger partial charge >= 0.3 is 0 Å². The number of thiophene rings is 1. The van der Waals surface area contributed by atoms with E-state index < -0.39 is 5.60 Å². The fraction of sp³-hybridized carbons (Fsp3) is 0.333. The lowest BCUT2D eigenvalue weighted by Gasteiger charge is -2.39. The minimum atomic E-state index is -1.55. The third kappa shape index (κ3) is 2.67. The number of likely N-dealkylation sites (N-methyl/N-ethyl adjacent to an activating group) is 2. The highest BCUT2D eigenvalue weighted by Crippen LogP contribution is 2.38. The molecule has 0 saturated heterocycles. The Morgan fingerprint density at radius 2 is 2.12 bits per heavy atom. The first-order chi connectivity index (χ1) is 11.3. The van der Waals surface area contributed by atoms with Gasteiger partial charge < -0.3 is 14.5 Å². The van der Waals surface area contributed by atoms with Gasteiger partial charge in [0.25, 0.3) is 17.4 Å². The second-order valence-corrected chi connectivity index (χ2v) is 7.24. The Hall–Kier alpha value is -2.34. The summed E-state index contributed by atoms with van der Waals surface area (Å²) in [7, 11) is 3.36. The average molecular weight is 344 g/mol.